The molecular weight excluding hydrogens is 260 g/mol. The Bertz CT molecular complexity index is 660. The highest BCUT2D eigenvalue weighted by molar-refractivity contribution is 7.98. The normalized spacial score (nSPS) is 10.0. The number of rotatable bonds is 3. The van der Waals surface area contributed by atoms with Gasteiger partial charge in [-0.2, -0.15) is 0 Å². The Morgan fingerprint density at radius 2 is 2.16 bits per heavy atom. The molecule has 2 aromatic rings. The maximum Gasteiger partial charge on any atom is 0.343 e. The fraction of sp³-hybridized carbons (Fsp3) is 0.231. The minimum absolute atomic E-state index is 0.199. The highest BCUT2D eigenvalue weighted by atomic mass is 32.2. The van der Waals surface area contributed by atoms with E-state index >= 15 is 0 Å². The number of benzene rings is 1. The van der Waals surface area contributed by atoms with Gasteiger partial charge < -0.3 is 5.73 Å². The molecule has 19 heavy (non-hydrogen) atoms. The Labute approximate surface area is 115 Å². The van der Waals surface area contributed by atoms with Gasteiger partial charge in [-0.15, -0.1) is 5.10 Å². The zero-order chi connectivity index (χ0) is 13.7. The van der Waals surface area contributed by atoms with Crippen LogP contribution >= 0.6 is 11.8 Å². The van der Waals surface area contributed by atoms with E-state index in [1.165, 1.54) is 16.3 Å². The Hall–Kier alpha value is -1.97. The number of H-pyrrole nitrogens is 1. The highest BCUT2D eigenvalue weighted by Crippen LogP contribution is 2.19. The monoisotopic (exact) mass is 274 g/mol. The van der Waals surface area contributed by atoms with Crippen molar-refractivity contribution in [2.75, 3.05) is 6.54 Å². The number of nitrogens with one attached hydrogen (secondary N) is 1. The molecule has 0 fully saturated rings. The Balaban J connectivity index is 2.00. The first kappa shape index (κ1) is 13.5. The number of nitrogens with zero attached hydrogens (tertiary/aromatic N) is 2. The molecule has 0 aliphatic carbocycles. The smallest absolute Gasteiger partial charge is 0.320 e. The molecule has 1 heterocycles. The van der Waals surface area contributed by atoms with E-state index in [2.05, 4.69) is 22.0 Å². The minimum Gasteiger partial charge on any atom is -0.320 e. The van der Waals surface area contributed by atoms with Gasteiger partial charge in [-0.05, 0) is 17.7 Å². The van der Waals surface area contributed by atoms with Crippen LogP contribution in [0.5, 0.6) is 0 Å². The summed E-state index contributed by atoms with van der Waals surface area (Å²) in [5.74, 6) is 6.54. The third-order valence-electron chi connectivity index (χ3n) is 2.50. The van der Waals surface area contributed by atoms with Gasteiger partial charge in [0.2, 0.25) is 0 Å². The highest BCUT2D eigenvalue weighted by Gasteiger charge is 2.04. The average Bonchev–Trinajstić information content (AvgIpc) is 2.75. The van der Waals surface area contributed by atoms with Crippen LogP contribution in [0.1, 0.15) is 11.1 Å². The molecule has 0 spiro atoms. The van der Waals surface area contributed by atoms with Crippen molar-refractivity contribution in [2.24, 2.45) is 12.8 Å². The quantitative estimate of drug-likeness (QED) is 0.638. The van der Waals surface area contributed by atoms with E-state index in [1.807, 2.05) is 24.3 Å². The van der Waals surface area contributed by atoms with Gasteiger partial charge in [0.15, 0.2) is 5.16 Å². The molecule has 0 amide bonds. The van der Waals surface area contributed by atoms with Crippen molar-refractivity contribution < 1.29 is 0 Å². The van der Waals surface area contributed by atoms with Crippen LogP contribution in [0.4, 0.5) is 0 Å². The molecule has 3 N–H and O–H groups in total. The third-order valence-corrected chi connectivity index (χ3v) is 3.60. The molecule has 0 atom stereocenters. The van der Waals surface area contributed by atoms with Gasteiger partial charge in [0, 0.05) is 18.4 Å². The van der Waals surface area contributed by atoms with Crippen LogP contribution in [0.15, 0.2) is 34.2 Å². The number of nitrogens with two attached hydrogens (primary N) is 1. The van der Waals surface area contributed by atoms with Gasteiger partial charge in [-0.25, -0.2) is 9.89 Å². The SMILES string of the molecule is Cn1c(SCc2ccc(C#CCN)cc2)n[nH]c1=O. The topological polar surface area (TPSA) is 76.7 Å². The molecule has 2 rings (SSSR count). The van der Waals surface area contributed by atoms with Gasteiger partial charge in [0.25, 0.3) is 0 Å². The molecule has 98 valence electrons. The fourth-order valence-corrected chi connectivity index (χ4v) is 2.32. The van der Waals surface area contributed by atoms with Crippen LogP contribution < -0.4 is 11.4 Å². The van der Waals surface area contributed by atoms with Gasteiger partial charge in [0.05, 0.1) is 6.54 Å². The molecule has 1 aromatic carbocycles. The number of hydrogen-bond acceptors (Lipinski definition) is 4. The maximum absolute atomic E-state index is 11.2. The second-order valence-electron chi connectivity index (χ2n) is 3.86. The molecule has 6 heteroatoms. The van der Waals surface area contributed by atoms with Crippen LogP contribution in [-0.4, -0.2) is 21.3 Å². The third kappa shape index (κ3) is 3.50. The van der Waals surface area contributed by atoms with E-state index in [-0.39, 0.29) is 5.69 Å². The molecule has 0 saturated carbocycles. The van der Waals surface area contributed by atoms with Gasteiger partial charge >= 0.3 is 5.69 Å². The van der Waals surface area contributed by atoms with Gasteiger partial charge in [-0.3, -0.25) is 4.57 Å². The van der Waals surface area contributed by atoms with E-state index in [4.69, 9.17) is 5.73 Å². The van der Waals surface area contributed by atoms with E-state index in [0.717, 1.165) is 16.9 Å². The molecule has 0 saturated heterocycles. The maximum atomic E-state index is 11.2. The Kier molecular flexibility index (Phi) is 4.44. The molecule has 0 unspecified atom stereocenters. The zero-order valence-electron chi connectivity index (χ0n) is 10.5. The first-order valence-electron chi connectivity index (χ1n) is 5.73. The van der Waals surface area contributed by atoms with Crippen molar-refractivity contribution in [3.05, 3.63) is 45.9 Å². The predicted octanol–water partition coefficient (Wildman–Crippen LogP) is 0.711. The summed E-state index contributed by atoms with van der Waals surface area (Å²) in [7, 11) is 1.69. The van der Waals surface area contributed by atoms with Crippen LogP contribution in [0.3, 0.4) is 0 Å². The van der Waals surface area contributed by atoms with Crippen molar-refractivity contribution in [2.45, 2.75) is 10.9 Å². The van der Waals surface area contributed by atoms with E-state index in [9.17, 15) is 4.79 Å². The largest absolute Gasteiger partial charge is 0.343 e. The number of aromatic nitrogens is 3. The summed E-state index contributed by atoms with van der Waals surface area (Å²) in [6.45, 7) is 0.366. The van der Waals surface area contributed by atoms with Crippen molar-refractivity contribution in [1.29, 1.82) is 0 Å². The summed E-state index contributed by atoms with van der Waals surface area (Å²) in [4.78, 5) is 11.2. The number of hydrogen-bond donors (Lipinski definition) is 2. The lowest BCUT2D eigenvalue weighted by molar-refractivity contribution is 0.766. The molecule has 0 aliphatic heterocycles. The first-order valence-corrected chi connectivity index (χ1v) is 6.71. The average molecular weight is 274 g/mol. The summed E-state index contributed by atoms with van der Waals surface area (Å²) in [6, 6.07) is 7.95. The van der Waals surface area contributed by atoms with Crippen molar-refractivity contribution in [3.8, 4) is 11.8 Å². The molecule has 0 aliphatic rings. The molecule has 5 nitrogen and oxygen atoms in total. The van der Waals surface area contributed by atoms with Crippen LogP contribution in [-0.2, 0) is 12.8 Å². The summed E-state index contributed by atoms with van der Waals surface area (Å²) in [5, 5.41) is 7.03. The Morgan fingerprint density at radius 1 is 1.42 bits per heavy atom. The number of thioether (sulfide) groups is 1. The molecular formula is C13H14N4OS. The second kappa shape index (κ2) is 6.27. The predicted molar refractivity (Wildman–Crippen MR) is 75.8 cm³/mol. The summed E-state index contributed by atoms with van der Waals surface area (Å²) in [6.07, 6.45) is 0. The fourth-order valence-electron chi connectivity index (χ4n) is 1.45. The van der Waals surface area contributed by atoms with Gasteiger partial charge in [0.1, 0.15) is 0 Å². The van der Waals surface area contributed by atoms with Crippen LogP contribution in [0.2, 0.25) is 0 Å². The van der Waals surface area contributed by atoms with E-state index in [0.29, 0.717) is 11.7 Å². The van der Waals surface area contributed by atoms with E-state index < -0.39 is 0 Å². The van der Waals surface area contributed by atoms with Crippen molar-refractivity contribution in [3.63, 3.8) is 0 Å². The summed E-state index contributed by atoms with van der Waals surface area (Å²) in [5.41, 5.74) is 7.22. The summed E-state index contributed by atoms with van der Waals surface area (Å²) >= 11 is 1.51. The zero-order valence-corrected chi connectivity index (χ0v) is 11.3. The minimum atomic E-state index is -0.199. The molecule has 0 radical (unpaired) electrons. The summed E-state index contributed by atoms with van der Waals surface area (Å²) < 4.78 is 1.49. The number of aromatic amines is 1. The van der Waals surface area contributed by atoms with Gasteiger partial charge in [-0.1, -0.05) is 35.7 Å². The van der Waals surface area contributed by atoms with E-state index in [1.54, 1.807) is 7.05 Å². The molecule has 0 bridgehead atoms. The van der Waals surface area contributed by atoms with Crippen LogP contribution in [0.25, 0.3) is 0 Å². The first-order chi connectivity index (χ1) is 9.20. The van der Waals surface area contributed by atoms with Crippen molar-refractivity contribution >= 4 is 11.8 Å². The lowest BCUT2D eigenvalue weighted by Crippen LogP contribution is -2.12. The van der Waals surface area contributed by atoms with Crippen molar-refractivity contribution in [1.82, 2.24) is 14.8 Å². The second-order valence-corrected chi connectivity index (χ2v) is 4.80. The standard InChI is InChI=1S/C13H14N4OS/c1-17-12(18)15-16-13(17)19-9-11-6-4-10(5-7-11)3-2-8-14/h4-7H,8-9,14H2,1H3,(H,15,18). The van der Waals surface area contributed by atoms with Crippen LogP contribution in [0, 0.1) is 11.8 Å². The molecule has 1 aromatic heterocycles. The lowest BCUT2D eigenvalue weighted by Gasteiger charge is -2.01. The Morgan fingerprint density at radius 3 is 2.74 bits per heavy atom. The lowest BCUT2D eigenvalue weighted by atomic mass is 10.1.